The lowest BCUT2D eigenvalue weighted by Crippen LogP contribution is -2.40. The number of carbonyl (C=O) groups excluding carboxylic acids is 13. The molecule has 0 amide bonds. The number of anilines is 5. The van der Waals surface area contributed by atoms with Crippen molar-refractivity contribution in [1.29, 1.82) is 5.41 Å². The van der Waals surface area contributed by atoms with Crippen LogP contribution in [0.3, 0.4) is 0 Å². The molecule has 6 fully saturated rings. The van der Waals surface area contributed by atoms with E-state index in [1.54, 1.807) is 19.1 Å². The lowest BCUT2D eigenvalue weighted by molar-refractivity contribution is -0.193. The van der Waals surface area contributed by atoms with Gasteiger partial charge in [-0.3, -0.25) is 35.1 Å². The van der Waals surface area contributed by atoms with Crippen molar-refractivity contribution in [3.05, 3.63) is 214 Å². The van der Waals surface area contributed by atoms with Crippen molar-refractivity contribution in [3.8, 4) is 40.2 Å². The number of aliphatic hydroxyl groups excluding tert-OH is 2. The second kappa shape index (κ2) is 59.8. The van der Waals surface area contributed by atoms with Crippen LogP contribution in [0.15, 0.2) is 158 Å². The van der Waals surface area contributed by atoms with Gasteiger partial charge in [-0.1, -0.05) is 95.0 Å². The molecule has 0 radical (unpaired) electrons. The Morgan fingerprint density at radius 3 is 1.18 bits per heavy atom. The number of Topliss-reactive ketones (excluding diaryl/α,β-unsaturated/α-hetero) is 1. The van der Waals surface area contributed by atoms with E-state index < -0.39 is 6.10 Å². The van der Waals surface area contributed by atoms with Gasteiger partial charge in [0.15, 0.2) is 5.78 Å². The topological polar surface area (TPSA) is 571 Å². The van der Waals surface area contributed by atoms with E-state index in [1.165, 1.54) is 89.0 Å². The molecule has 0 spiro atoms. The molecule has 6 saturated carbocycles. The number of aryl methyl sites for hydroxylation is 6. The third-order valence-electron chi connectivity index (χ3n) is 26.8. The van der Waals surface area contributed by atoms with Crippen LogP contribution in [0.25, 0.3) is 65.4 Å². The highest BCUT2D eigenvalue weighted by Gasteiger charge is 2.39. The molecule has 792 valence electrons. The summed E-state index contributed by atoms with van der Waals surface area (Å²) in [5.74, 6) is 6.95. The molecule has 7 aliphatic rings. The lowest BCUT2D eigenvalue weighted by atomic mass is 9.83. The fraction of sp³-hybridized carbons (Fsp3) is 0.417. The first kappa shape index (κ1) is 118. The summed E-state index contributed by atoms with van der Waals surface area (Å²) in [6.45, 7) is 17.7. The first-order chi connectivity index (χ1) is 72.3. The van der Waals surface area contributed by atoms with E-state index in [9.17, 15) is 20.2 Å². The highest BCUT2D eigenvalue weighted by atomic mass is 16.5. The minimum Gasteiger partial charge on any atom is -0.490 e. The summed E-state index contributed by atoms with van der Waals surface area (Å²) in [6, 6.07) is 50.0. The van der Waals surface area contributed by atoms with Crippen molar-refractivity contribution in [2.75, 3.05) is 28.7 Å². The van der Waals surface area contributed by atoms with Crippen molar-refractivity contribution < 1.29 is 111 Å². The average molecular weight is 2050 g/mol. The Kier molecular flexibility index (Phi) is 46.9. The zero-order valence-electron chi connectivity index (χ0n) is 86.2. The first-order valence-corrected chi connectivity index (χ1v) is 50.6. The van der Waals surface area contributed by atoms with Crippen molar-refractivity contribution in [3.63, 3.8) is 0 Å². The Morgan fingerprint density at radius 1 is 0.400 bits per heavy atom. The molecule has 35 heteroatoms. The molecule has 6 aliphatic carbocycles. The number of carbonyl (C=O) groups is 1. The van der Waals surface area contributed by atoms with Crippen LogP contribution in [0, 0.1) is 58.8 Å². The number of rotatable bonds is 16. The summed E-state index contributed by atoms with van der Waals surface area (Å²) in [6.07, 6.45) is 32.5. The molecular formula is C115H134N12O23. The van der Waals surface area contributed by atoms with Crippen LogP contribution < -0.4 is 67.2 Å². The molecule has 6 aromatic heterocycles. The van der Waals surface area contributed by atoms with Crippen molar-refractivity contribution >= 4 is 137 Å². The number of aromatic nitrogens is 6. The minimum atomic E-state index is -0.423. The normalized spacial score (nSPS) is 17.7. The summed E-state index contributed by atoms with van der Waals surface area (Å²) in [7, 11) is 0. The van der Waals surface area contributed by atoms with Gasteiger partial charge in [0.1, 0.15) is 64.7 Å². The number of ketones is 1. The molecule has 0 saturated heterocycles. The maximum atomic E-state index is 12.6. The predicted octanol–water partition coefficient (Wildman–Crippen LogP) is 19.8. The van der Waals surface area contributed by atoms with Crippen LogP contribution in [-0.4, -0.2) is 137 Å². The summed E-state index contributed by atoms with van der Waals surface area (Å²) >= 11 is 0. The van der Waals surface area contributed by atoms with Crippen LogP contribution >= 0.6 is 0 Å². The predicted molar refractivity (Wildman–Crippen MR) is 559 cm³/mol. The van der Waals surface area contributed by atoms with Crippen LogP contribution in [0.1, 0.15) is 256 Å². The highest BCUT2D eigenvalue weighted by molar-refractivity contribution is 6.00. The summed E-state index contributed by atoms with van der Waals surface area (Å²) in [5.41, 5.74) is 47.4. The zero-order chi connectivity index (χ0) is 109. The SMILES string of the molecule is Cc1cc(=N)c2c(OC3CCCCC3)cccc2n1O.Cc1cc(N)c2c(OC3CCCC(C)C3O)cccc2n1.Cc1cc(N)c2c(OC3CCCCC3)cccc2n1.Cc1cc(N)c2c(O[C@@H]3CCCC[C@H]3Oc3cc(C(=O)CC(C)C)ccc3C)cccc2n1.Cc1cc(N)c2c3c(ccc2n1)C1CCCCC1O3.Nc1cc(CO)nc2cccc(OC3CCCCC3)c12.O=C=O.O=C=O.O=C=O.O=C=O.O=C=O.O=C=O. The van der Waals surface area contributed by atoms with Crippen LogP contribution in [0.5, 0.6) is 40.2 Å². The molecular weight excluding hydrogens is 1920 g/mol. The maximum Gasteiger partial charge on any atom is 0.373 e. The molecule has 20 rings (SSSR count). The first-order valence-electron chi connectivity index (χ1n) is 50.6. The van der Waals surface area contributed by atoms with Crippen LogP contribution in [-0.2, 0) is 64.1 Å². The third kappa shape index (κ3) is 33.0. The van der Waals surface area contributed by atoms with Gasteiger partial charge in [-0.25, -0.2) is 0 Å². The van der Waals surface area contributed by atoms with E-state index in [0.717, 1.165) is 217 Å². The van der Waals surface area contributed by atoms with Crippen molar-refractivity contribution in [2.45, 2.75) is 297 Å². The van der Waals surface area contributed by atoms with Gasteiger partial charge in [0, 0.05) is 74.7 Å². The quantitative estimate of drug-likeness (QED) is 0.0320. The monoisotopic (exact) mass is 2050 g/mol. The van der Waals surface area contributed by atoms with Gasteiger partial charge in [-0.2, -0.15) is 62.3 Å². The van der Waals surface area contributed by atoms with Gasteiger partial charge >= 0.3 is 36.9 Å². The molecule has 7 heterocycles. The zero-order valence-corrected chi connectivity index (χ0v) is 86.2. The molecule has 5 unspecified atom stereocenters. The number of hydrogen-bond donors (Lipinski definition) is 9. The Labute approximate surface area is 869 Å². The number of fused-ring (bicyclic) bond motifs is 10. The number of benzene rings is 7. The molecule has 0 bridgehead atoms. The van der Waals surface area contributed by atoms with E-state index in [1.807, 2.05) is 168 Å². The number of nitrogens with zero attached hydrogens (tertiary/aromatic N) is 6. The maximum absolute atomic E-state index is 12.6. The average Bonchev–Trinajstić information content (AvgIpc) is 1.59. The minimum absolute atomic E-state index is 0.0946. The molecule has 7 atom stereocenters. The number of pyridine rings is 6. The van der Waals surface area contributed by atoms with Gasteiger partial charge in [0.05, 0.1) is 113 Å². The third-order valence-corrected chi connectivity index (χ3v) is 26.8. The molecule has 35 nitrogen and oxygen atoms in total. The van der Waals surface area contributed by atoms with Gasteiger partial charge in [-0.15, -0.1) is 0 Å². The second-order valence-corrected chi connectivity index (χ2v) is 38.2. The Hall–Kier alpha value is -15.9. The molecule has 150 heavy (non-hydrogen) atoms. The summed E-state index contributed by atoms with van der Waals surface area (Å²) in [5, 5.41) is 43.4. The van der Waals surface area contributed by atoms with Gasteiger partial charge in [0.2, 0.25) is 0 Å². The van der Waals surface area contributed by atoms with E-state index in [4.69, 9.17) is 125 Å². The van der Waals surface area contributed by atoms with Crippen molar-refractivity contribution in [2.24, 2.45) is 11.8 Å². The van der Waals surface area contributed by atoms with E-state index >= 15 is 0 Å². The van der Waals surface area contributed by atoms with E-state index in [-0.39, 0.29) is 85.7 Å². The fourth-order valence-corrected chi connectivity index (χ4v) is 20.1. The number of nitrogens with two attached hydrogens (primary N) is 5. The second-order valence-electron chi connectivity index (χ2n) is 38.2. The highest BCUT2D eigenvalue weighted by Crippen LogP contribution is 2.50. The number of nitrogen functional groups attached to an aromatic ring is 5. The van der Waals surface area contributed by atoms with Gasteiger partial charge < -0.3 is 77.2 Å². The van der Waals surface area contributed by atoms with E-state index in [2.05, 4.69) is 57.8 Å². The smallest absolute Gasteiger partial charge is 0.373 e. The molecule has 1 aliphatic heterocycles. The van der Waals surface area contributed by atoms with Crippen LogP contribution in [0.2, 0.25) is 0 Å². The Morgan fingerprint density at radius 2 is 0.753 bits per heavy atom. The summed E-state index contributed by atoms with van der Waals surface area (Å²) in [4.78, 5) is 133. The van der Waals surface area contributed by atoms with Crippen molar-refractivity contribution in [1.82, 2.24) is 29.7 Å². The molecule has 13 aromatic rings. The molecule has 14 N–H and O–H groups in total. The number of nitrogens with one attached hydrogen (secondary N) is 1. The Balaban J connectivity index is 0.000000195. The summed E-state index contributed by atoms with van der Waals surface area (Å²) < 4.78 is 44.9. The lowest BCUT2D eigenvalue weighted by Gasteiger charge is -2.33. The number of aliphatic hydroxyl groups is 2. The van der Waals surface area contributed by atoms with Gasteiger partial charge in [-0.05, 0) is 309 Å². The standard InChI is InChI=1S/C28H34N2O3.C17H22N2O2.2C16H20N2O2.C16H18N2O.C16H20N2O.6CO2/c1-17(2)14-23(31)20-13-12-18(3)27(16-20)33-25-10-6-5-9-24(25)32-26-11-7-8-22-28(26)21(29)15-19(4)30-22;1-10-5-3-8-15(17(10)20)21-14-7-4-6-13-16(14)12(18)9-11(2)19-13;1-11-10-13(17)16-14(18(11)19)8-5-9-15(16)20-12-6-3-2-4-7-12;17-13-9-11(10-19)18-14-7-4-8-15(16(13)14)20-12-5-2-1-3-6-12;1-9-8-12(17)15-13(18-9)7-6-11-10-4-2-3-5-14(10)19-16(11)15;1-11-10-13(17)16-14(18-11)8-5-9-15(16)19-12-6-3-2-4-7-12;6*2-1-3/h7-8,11-13,15-17,24-25H,5-6,9-10,14H2,1-4H3,(H2,29,30);4,6-7,9-10,15,17,20H,3,5,8H2,1-2H3,(H2,18,19);5,8-10,12,17,19H,2-4,6-7H2,1H3;4,7-9,12,19H,1-3,5-6,10H2,(H2,17,18);6-8,10,14H,2-5H2,1H3,(H2,17,18);5,8-10,12H,2-4,6-7H2,1H3,(H2,17,18);;;;;;/t24-,25-;;;;;;;;;;;/m1.........../s1. The largest absolute Gasteiger partial charge is 0.490 e. The van der Waals surface area contributed by atoms with Crippen LogP contribution in [0.4, 0.5) is 28.4 Å². The number of ether oxygens (including phenoxy) is 7. The number of hydrogen-bond acceptors (Lipinski definition) is 34. The molecule has 7 aromatic carbocycles. The Bertz CT molecular complexity index is 6890. The fourth-order valence-electron chi connectivity index (χ4n) is 20.1. The van der Waals surface area contributed by atoms with Gasteiger partial charge in [0.25, 0.3) is 0 Å². The van der Waals surface area contributed by atoms with E-state index in [0.29, 0.717) is 86.5 Å².